The van der Waals surface area contributed by atoms with E-state index in [0.29, 0.717) is 28.3 Å². The number of ether oxygens (including phenoxy) is 2. The van der Waals surface area contributed by atoms with Gasteiger partial charge in [0, 0.05) is 23.9 Å². The third-order valence-corrected chi connectivity index (χ3v) is 5.20. The Morgan fingerprint density at radius 2 is 1.83 bits per heavy atom. The molecule has 0 unspecified atom stereocenters. The average Bonchev–Trinajstić information content (AvgIpc) is 2.71. The highest BCUT2D eigenvalue weighted by Crippen LogP contribution is 2.25. The number of carbonyl (C=O) groups is 1. The summed E-state index contributed by atoms with van der Waals surface area (Å²) in [5.74, 6) is 0.789. The van der Waals surface area contributed by atoms with Crippen molar-refractivity contribution in [3.05, 3.63) is 72.3 Å². The summed E-state index contributed by atoms with van der Waals surface area (Å²) < 4.78 is 36.6. The van der Waals surface area contributed by atoms with Crippen LogP contribution in [0.15, 0.2) is 61.2 Å². The summed E-state index contributed by atoms with van der Waals surface area (Å²) in [6, 6.07) is 11.9. The second-order valence-electron chi connectivity index (χ2n) is 6.02. The number of nitrogens with one attached hydrogen (secondary N) is 2. The Labute approximate surface area is 171 Å². The van der Waals surface area contributed by atoms with E-state index >= 15 is 0 Å². The number of benzene rings is 2. The van der Waals surface area contributed by atoms with Crippen molar-refractivity contribution >= 4 is 27.7 Å². The third-order valence-electron chi connectivity index (χ3n) is 3.88. The first kappa shape index (κ1) is 22.2. The highest BCUT2D eigenvalue weighted by Gasteiger charge is 2.10. The van der Waals surface area contributed by atoms with Crippen LogP contribution < -0.4 is 19.5 Å². The molecule has 0 radical (unpaired) electrons. The fourth-order valence-electron chi connectivity index (χ4n) is 2.46. The summed E-state index contributed by atoms with van der Waals surface area (Å²) in [5, 5.41) is 2.73. The van der Waals surface area contributed by atoms with Crippen molar-refractivity contribution in [2.24, 2.45) is 0 Å². The molecule has 2 aromatic rings. The molecular formula is C21H24N2O5S. The lowest BCUT2D eigenvalue weighted by Crippen LogP contribution is -2.25. The van der Waals surface area contributed by atoms with Gasteiger partial charge >= 0.3 is 0 Å². The SMILES string of the molecule is C=CCNS(=O)(=O)Cc1ccc(NC(=O)/C=C/c2cc(OC)ccc2OC)cc1. The van der Waals surface area contributed by atoms with Crippen molar-refractivity contribution in [2.45, 2.75) is 5.75 Å². The average molecular weight is 416 g/mol. The van der Waals surface area contributed by atoms with E-state index in [2.05, 4.69) is 16.6 Å². The van der Waals surface area contributed by atoms with E-state index in [4.69, 9.17) is 9.47 Å². The number of hydrogen-bond acceptors (Lipinski definition) is 5. The molecule has 0 heterocycles. The first-order valence-corrected chi connectivity index (χ1v) is 10.4. The Balaban J connectivity index is 2.01. The van der Waals surface area contributed by atoms with Crippen molar-refractivity contribution in [1.29, 1.82) is 0 Å². The summed E-state index contributed by atoms with van der Waals surface area (Å²) in [6.45, 7) is 3.66. The molecule has 2 aromatic carbocycles. The Kier molecular flexibility index (Phi) is 7.99. The first-order chi connectivity index (χ1) is 13.9. The number of sulfonamides is 1. The van der Waals surface area contributed by atoms with Crippen LogP contribution in [0.5, 0.6) is 11.5 Å². The van der Waals surface area contributed by atoms with Crippen LogP contribution in [-0.2, 0) is 20.6 Å². The van der Waals surface area contributed by atoms with E-state index in [0.717, 1.165) is 0 Å². The van der Waals surface area contributed by atoms with Crippen LogP contribution in [0.2, 0.25) is 0 Å². The number of carbonyl (C=O) groups excluding carboxylic acids is 1. The van der Waals surface area contributed by atoms with E-state index in [1.807, 2.05) is 0 Å². The van der Waals surface area contributed by atoms with Crippen LogP contribution in [-0.4, -0.2) is 35.1 Å². The summed E-state index contributed by atoms with van der Waals surface area (Å²) in [7, 11) is -0.315. The monoisotopic (exact) mass is 416 g/mol. The minimum atomic E-state index is -3.43. The predicted octanol–water partition coefficient (Wildman–Crippen LogP) is 2.96. The van der Waals surface area contributed by atoms with Gasteiger partial charge in [0.25, 0.3) is 0 Å². The summed E-state index contributed by atoms with van der Waals surface area (Å²) in [5.41, 5.74) is 1.86. The van der Waals surface area contributed by atoms with Gasteiger partial charge in [0.15, 0.2) is 0 Å². The maximum atomic E-state index is 12.2. The minimum absolute atomic E-state index is 0.148. The molecule has 0 aliphatic carbocycles. The number of methoxy groups -OCH3 is 2. The molecule has 8 heteroatoms. The Morgan fingerprint density at radius 3 is 2.45 bits per heavy atom. The van der Waals surface area contributed by atoms with Crippen molar-refractivity contribution in [1.82, 2.24) is 4.72 Å². The molecule has 0 aliphatic heterocycles. The summed E-state index contributed by atoms with van der Waals surface area (Å²) in [6.07, 6.45) is 4.49. The molecule has 2 N–H and O–H groups in total. The molecule has 0 spiro atoms. The molecule has 0 bridgehead atoms. The van der Waals surface area contributed by atoms with Crippen LogP contribution in [0.25, 0.3) is 6.08 Å². The largest absolute Gasteiger partial charge is 0.497 e. The molecule has 0 saturated carbocycles. The van der Waals surface area contributed by atoms with Crippen molar-refractivity contribution in [3.63, 3.8) is 0 Å². The minimum Gasteiger partial charge on any atom is -0.497 e. The van der Waals surface area contributed by atoms with Crippen LogP contribution in [0.4, 0.5) is 5.69 Å². The second-order valence-corrected chi connectivity index (χ2v) is 7.83. The van der Waals surface area contributed by atoms with E-state index in [1.165, 1.54) is 12.2 Å². The van der Waals surface area contributed by atoms with Gasteiger partial charge in [-0.05, 0) is 42.0 Å². The second kappa shape index (κ2) is 10.4. The standard InChI is InChI=1S/C21H24N2O5S/c1-4-13-22-29(25,26)15-16-5-8-18(9-6-16)23-21(24)12-7-17-14-19(27-2)10-11-20(17)28-3/h4-12,14,22H,1,13,15H2,2-3H3,(H,23,24)/b12-7+. The smallest absolute Gasteiger partial charge is 0.248 e. The van der Waals surface area contributed by atoms with Crippen LogP contribution in [0, 0.1) is 0 Å². The lowest BCUT2D eigenvalue weighted by molar-refractivity contribution is -0.111. The molecule has 0 fully saturated rings. The maximum absolute atomic E-state index is 12.2. The highest BCUT2D eigenvalue weighted by atomic mass is 32.2. The van der Waals surface area contributed by atoms with Crippen molar-refractivity contribution in [2.75, 3.05) is 26.1 Å². The predicted molar refractivity (Wildman–Crippen MR) is 114 cm³/mol. The molecule has 0 saturated heterocycles. The third kappa shape index (κ3) is 7.10. The van der Waals surface area contributed by atoms with Crippen LogP contribution in [0.1, 0.15) is 11.1 Å². The molecule has 1 amide bonds. The van der Waals surface area contributed by atoms with Crippen molar-refractivity contribution in [3.8, 4) is 11.5 Å². The molecular weight excluding hydrogens is 392 g/mol. The maximum Gasteiger partial charge on any atom is 0.248 e. The van der Waals surface area contributed by atoms with Gasteiger partial charge < -0.3 is 14.8 Å². The summed E-state index contributed by atoms with van der Waals surface area (Å²) in [4.78, 5) is 12.2. The zero-order valence-electron chi connectivity index (χ0n) is 16.3. The Hall–Kier alpha value is -3.10. The van der Waals surface area contributed by atoms with E-state index in [9.17, 15) is 13.2 Å². The van der Waals surface area contributed by atoms with Gasteiger partial charge in [-0.15, -0.1) is 6.58 Å². The van der Waals surface area contributed by atoms with E-state index in [1.54, 1.807) is 62.8 Å². The zero-order chi connectivity index (χ0) is 21.3. The Morgan fingerprint density at radius 1 is 1.10 bits per heavy atom. The molecule has 29 heavy (non-hydrogen) atoms. The van der Waals surface area contributed by atoms with Gasteiger partial charge in [-0.1, -0.05) is 18.2 Å². The normalized spacial score (nSPS) is 11.2. The quantitative estimate of drug-likeness (QED) is 0.459. The van der Waals surface area contributed by atoms with E-state index in [-0.39, 0.29) is 18.2 Å². The number of amides is 1. The van der Waals surface area contributed by atoms with Gasteiger partial charge in [-0.2, -0.15) is 0 Å². The fraction of sp³-hybridized carbons (Fsp3) is 0.190. The van der Waals surface area contributed by atoms with E-state index < -0.39 is 10.0 Å². The lowest BCUT2D eigenvalue weighted by atomic mass is 10.1. The van der Waals surface area contributed by atoms with Gasteiger partial charge in [0.05, 0.1) is 20.0 Å². The molecule has 7 nitrogen and oxygen atoms in total. The van der Waals surface area contributed by atoms with Gasteiger partial charge in [-0.25, -0.2) is 13.1 Å². The molecule has 154 valence electrons. The summed E-state index contributed by atoms with van der Waals surface area (Å²) >= 11 is 0. The Bertz CT molecular complexity index is 983. The van der Waals surface area contributed by atoms with Gasteiger partial charge in [-0.3, -0.25) is 4.79 Å². The molecule has 0 aromatic heterocycles. The number of hydrogen-bond donors (Lipinski definition) is 2. The van der Waals surface area contributed by atoms with Gasteiger partial charge in [0.1, 0.15) is 11.5 Å². The molecule has 0 aliphatic rings. The topological polar surface area (TPSA) is 93.7 Å². The van der Waals surface area contributed by atoms with Crippen LogP contribution >= 0.6 is 0 Å². The first-order valence-electron chi connectivity index (χ1n) is 8.75. The fourth-order valence-corrected chi connectivity index (χ4v) is 3.56. The number of anilines is 1. The highest BCUT2D eigenvalue weighted by molar-refractivity contribution is 7.88. The van der Waals surface area contributed by atoms with Crippen molar-refractivity contribution < 1.29 is 22.7 Å². The van der Waals surface area contributed by atoms with Crippen LogP contribution in [0.3, 0.4) is 0 Å². The number of rotatable bonds is 10. The van der Waals surface area contributed by atoms with Gasteiger partial charge in [0.2, 0.25) is 15.9 Å². The lowest BCUT2D eigenvalue weighted by Gasteiger charge is -2.08. The molecule has 0 atom stereocenters. The zero-order valence-corrected chi connectivity index (χ0v) is 17.2. The molecule has 2 rings (SSSR count).